The minimum atomic E-state index is -0.383. The van der Waals surface area contributed by atoms with Crippen LogP contribution in [0.2, 0.25) is 5.02 Å². The number of aromatic nitrogens is 1. The minimum absolute atomic E-state index is 0.161. The van der Waals surface area contributed by atoms with Crippen molar-refractivity contribution in [3.63, 3.8) is 0 Å². The van der Waals surface area contributed by atoms with Crippen molar-refractivity contribution in [1.29, 1.82) is 0 Å². The maximum Gasteiger partial charge on any atom is 0.258 e. The van der Waals surface area contributed by atoms with E-state index in [9.17, 15) is 4.79 Å². The molecule has 2 N–H and O–H groups in total. The number of thiocarbonyl (C=S) groups is 1. The van der Waals surface area contributed by atoms with Gasteiger partial charge in [-0.25, -0.2) is 4.98 Å². The molecule has 0 aliphatic heterocycles. The van der Waals surface area contributed by atoms with Crippen LogP contribution in [0.1, 0.15) is 16.1 Å². The van der Waals surface area contributed by atoms with Crippen molar-refractivity contribution in [2.45, 2.75) is 6.92 Å². The summed E-state index contributed by atoms with van der Waals surface area (Å²) in [5.41, 5.74) is 1.22. The van der Waals surface area contributed by atoms with Crippen LogP contribution in [-0.2, 0) is 0 Å². The molecule has 2 aromatic rings. The van der Waals surface area contributed by atoms with E-state index in [1.54, 1.807) is 24.3 Å². The van der Waals surface area contributed by atoms with Crippen molar-refractivity contribution >= 4 is 79.2 Å². The number of carbonyl (C=O) groups is 1. The fourth-order valence-corrected chi connectivity index (χ4v) is 2.67. The molecule has 4 nitrogen and oxygen atoms in total. The Morgan fingerprint density at radius 3 is 2.77 bits per heavy atom. The molecular weight excluding hydrogens is 501 g/mol. The molecule has 114 valence electrons. The molecule has 0 saturated heterocycles. The quantitative estimate of drug-likeness (QED) is 0.460. The van der Waals surface area contributed by atoms with Crippen molar-refractivity contribution in [2.75, 3.05) is 5.32 Å². The Balaban J connectivity index is 2.06. The Labute approximate surface area is 160 Å². The van der Waals surface area contributed by atoms with Gasteiger partial charge in [0.25, 0.3) is 5.91 Å². The Hall–Kier alpha value is -0.770. The first-order valence-electron chi connectivity index (χ1n) is 6.07. The van der Waals surface area contributed by atoms with Crippen LogP contribution in [0.15, 0.2) is 34.8 Å². The third-order valence-electron chi connectivity index (χ3n) is 2.66. The van der Waals surface area contributed by atoms with Crippen molar-refractivity contribution in [2.24, 2.45) is 0 Å². The standard InChI is InChI=1S/C14H10BrClIN3OS/c1-7-11(17)4-5-12(18-7)19-14(22)20-13(21)9-6-8(15)2-3-10(9)16/h2-6H,1H3,(H2,18,19,20,21,22). The third kappa shape index (κ3) is 4.61. The number of carbonyl (C=O) groups excluding carboxylic acids is 1. The fourth-order valence-electron chi connectivity index (χ4n) is 1.60. The van der Waals surface area contributed by atoms with Gasteiger partial charge in [-0.15, -0.1) is 0 Å². The first-order valence-corrected chi connectivity index (χ1v) is 8.73. The summed E-state index contributed by atoms with van der Waals surface area (Å²) >= 11 is 16.6. The van der Waals surface area contributed by atoms with Crippen LogP contribution in [0.4, 0.5) is 5.82 Å². The van der Waals surface area contributed by atoms with E-state index in [2.05, 4.69) is 54.1 Å². The SMILES string of the molecule is Cc1nc(NC(=S)NC(=O)c2cc(Br)ccc2Cl)ccc1I. The van der Waals surface area contributed by atoms with Crippen LogP contribution >= 0.6 is 62.3 Å². The van der Waals surface area contributed by atoms with Crippen LogP contribution in [0.3, 0.4) is 0 Å². The van der Waals surface area contributed by atoms with E-state index in [1.807, 2.05) is 13.0 Å². The van der Waals surface area contributed by atoms with Crippen molar-refractivity contribution < 1.29 is 4.79 Å². The summed E-state index contributed by atoms with van der Waals surface area (Å²) in [6.07, 6.45) is 0. The molecule has 0 aliphatic rings. The molecule has 2 rings (SSSR count). The molecule has 8 heteroatoms. The van der Waals surface area contributed by atoms with E-state index in [-0.39, 0.29) is 11.0 Å². The molecule has 1 heterocycles. The van der Waals surface area contributed by atoms with Crippen LogP contribution < -0.4 is 10.6 Å². The highest BCUT2D eigenvalue weighted by molar-refractivity contribution is 14.1. The van der Waals surface area contributed by atoms with Gasteiger partial charge in [0.1, 0.15) is 5.82 Å². The number of benzene rings is 1. The normalized spacial score (nSPS) is 10.2. The van der Waals surface area contributed by atoms with E-state index < -0.39 is 0 Å². The van der Waals surface area contributed by atoms with Crippen LogP contribution in [0.25, 0.3) is 0 Å². The molecule has 0 bridgehead atoms. The van der Waals surface area contributed by atoms with Gasteiger partial charge in [-0.05, 0) is 72.1 Å². The first-order chi connectivity index (χ1) is 10.4. The smallest absolute Gasteiger partial charge is 0.258 e. The Morgan fingerprint density at radius 1 is 1.36 bits per heavy atom. The van der Waals surface area contributed by atoms with Crippen molar-refractivity contribution in [3.05, 3.63) is 54.7 Å². The number of nitrogens with zero attached hydrogens (tertiary/aromatic N) is 1. The summed E-state index contributed by atoms with van der Waals surface area (Å²) in [5, 5.41) is 5.97. The van der Waals surface area contributed by atoms with Gasteiger partial charge in [0.2, 0.25) is 0 Å². The number of hydrogen-bond acceptors (Lipinski definition) is 3. The number of anilines is 1. The summed E-state index contributed by atoms with van der Waals surface area (Å²) in [6, 6.07) is 8.74. The summed E-state index contributed by atoms with van der Waals surface area (Å²) < 4.78 is 1.81. The summed E-state index contributed by atoms with van der Waals surface area (Å²) in [5.74, 6) is 0.189. The van der Waals surface area contributed by atoms with Gasteiger partial charge in [-0.2, -0.15) is 0 Å². The molecule has 1 aromatic heterocycles. The highest BCUT2D eigenvalue weighted by Gasteiger charge is 2.13. The van der Waals surface area contributed by atoms with Crippen molar-refractivity contribution in [3.8, 4) is 0 Å². The summed E-state index contributed by atoms with van der Waals surface area (Å²) in [7, 11) is 0. The average molecular weight is 511 g/mol. The molecular formula is C14H10BrClIN3OS. The Morgan fingerprint density at radius 2 is 2.09 bits per heavy atom. The number of pyridine rings is 1. The summed E-state index contributed by atoms with van der Waals surface area (Å²) in [4.78, 5) is 16.5. The summed E-state index contributed by atoms with van der Waals surface area (Å²) in [6.45, 7) is 1.90. The predicted octanol–water partition coefficient (Wildman–Crippen LogP) is 4.54. The Bertz CT molecular complexity index is 757. The molecule has 22 heavy (non-hydrogen) atoms. The molecule has 0 atom stereocenters. The van der Waals surface area contributed by atoms with Gasteiger partial charge in [0, 0.05) is 8.04 Å². The van der Waals surface area contributed by atoms with Gasteiger partial charge in [-0.1, -0.05) is 27.5 Å². The molecule has 1 aromatic carbocycles. The average Bonchev–Trinajstić information content (AvgIpc) is 2.45. The number of hydrogen-bond donors (Lipinski definition) is 2. The zero-order valence-electron chi connectivity index (χ0n) is 11.3. The monoisotopic (exact) mass is 509 g/mol. The van der Waals surface area contributed by atoms with E-state index >= 15 is 0 Å². The molecule has 0 radical (unpaired) electrons. The topological polar surface area (TPSA) is 54.0 Å². The second kappa shape index (κ2) is 7.67. The molecule has 0 spiro atoms. The highest BCUT2D eigenvalue weighted by atomic mass is 127. The van der Waals surface area contributed by atoms with E-state index in [4.69, 9.17) is 23.8 Å². The molecule has 1 amide bonds. The van der Waals surface area contributed by atoms with Gasteiger partial charge in [0.15, 0.2) is 5.11 Å². The fraction of sp³-hybridized carbons (Fsp3) is 0.0714. The second-order valence-corrected chi connectivity index (χ2v) is 7.19. The number of aryl methyl sites for hydroxylation is 1. The number of halogens is 3. The Kier molecular flexibility index (Phi) is 6.13. The molecule has 0 fully saturated rings. The zero-order valence-corrected chi connectivity index (χ0v) is 16.6. The lowest BCUT2D eigenvalue weighted by molar-refractivity contribution is 0.0978. The zero-order chi connectivity index (χ0) is 16.3. The van der Waals surface area contributed by atoms with Gasteiger partial charge in [-0.3, -0.25) is 10.1 Å². The van der Waals surface area contributed by atoms with E-state index in [1.165, 1.54) is 0 Å². The van der Waals surface area contributed by atoms with Crippen molar-refractivity contribution in [1.82, 2.24) is 10.3 Å². The first kappa shape index (κ1) is 17.6. The second-order valence-electron chi connectivity index (χ2n) is 4.30. The maximum absolute atomic E-state index is 12.2. The van der Waals surface area contributed by atoms with Gasteiger partial charge < -0.3 is 5.32 Å². The van der Waals surface area contributed by atoms with Gasteiger partial charge in [0.05, 0.1) is 16.3 Å². The van der Waals surface area contributed by atoms with Crippen LogP contribution in [-0.4, -0.2) is 16.0 Å². The lowest BCUT2D eigenvalue weighted by Gasteiger charge is -2.10. The van der Waals surface area contributed by atoms with Crippen LogP contribution in [0, 0.1) is 10.5 Å². The number of rotatable bonds is 2. The maximum atomic E-state index is 12.2. The number of nitrogens with one attached hydrogen (secondary N) is 2. The molecule has 0 saturated carbocycles. The van der Waals surface area contributed by atoms with E-state index in [0.29, 0.717) is 16.4 Å². The predicted molar refractivity (Wildman–Crippen MR) is 105 cm³/mol. The van der Waals surface area contributed by atoms with Crippen LogP contribution in [0.5, 0.6) is 0 Å². The largest absolute Gasteiger partial charge is 0.317 e. The number of amides is 1. The lowest BCUT2D eigenvalue weighted by atomic mass is 10.2. The lowest BCUT2D eigenvalue weighted by Crippen LogP contribution is -2.34. The molecule has 0 unspecified atom stereocenters. The highest BCUT2D eigenvalue weighted by Crippen LogP contribution is 2.21. The molecule has 0 aliphatic carbocycles. The van der Waals surface area contributed by atoms with Gasteiger partial charge >= 0.3 is 0 Å². The van der Waals surface area contributed by atoms with E-state index in [0.717, 1.165) is 13.7 Å². The minimum Gasteiger partial charge on any atom is -0.317 e. The third-order valence-corrected chi connectivity index (χ3v) is 4.83.